The van der Waals surface area contributed by atoms with Crippen LogP contribution in [-0.4, -0.2) is 11.0 Å². The van der Waals surface area contributed by atoms with Gasteiger partial charge in [-0.2, -0.15) is 0 Å². The Labute approximate surface area is 83.3 Å². The summed E-state index contributed by atoms with van der Waals surface area (Å²) in [5, 5.41) is 4.13. The number of rotatable bonds is 2. The summed E-state index contributed by atoms with van der Waals surface area (Å²) in [6, 6.07) is 4.27. The SMILES string of the molecule is Clc1ccnc(NC2CCCC2)c1. The van der Waals surface area contributed by atoms with E-state index >= 15 is 0 Å². The van der Waals surface area contributed by atoms with Crippen molar-refractivity contribution in [1.29, 1.82) is 0 Å². The molecule has 0 amide bonds. The van der Waals surface area contributed by atoms with Gasteiger partial charge in [0.15, 0.2) is 0 Å². The van der Waals surface area contributed by atoms with E-state index in [1.54, 1.807) is 12.3 Å². The Morgan fingerprint density at radius 1 is 1.38 bits per heavy atom. The van der Waals surface area contributed by atoms with Gasteiger partial charge in [-0.15, -0.1) is 0 Å². The Bertz CT molecular complexity index is 282. The van der Waals surface area contributed by atoms with Crippen LogP contribution >= 0.6 is 11.6 Å². The van der Waals surface area contributed by atoms with Crippen molar-refractivity contribution in [1.82, 2.24) is 4.98 Å². The lowest BCUT2D eigenvalue weighted by molar-refractivity contribution is 0.750. The van der Waals surface area contributed by atoms with E-state index in [4.69, 9.17) is 11.6 Å². The molecule has 1 aromatic rings. The number of hydrogen-bond acceptors (Lipinski definition) is 2. The van der Waals surface area contributed by atoms with Crippen molar-refractivity contribution in [3.8, 4) is 0 Å². The van der Waals surface area contributed by atoms with Gasteiger partial charge in [-0.1, -0.05) is 24.4 Å². The van der Waals surface area contributed by atoms with Gasteiger partial charge in [0.25, 0.3) is 0 Å². The Morgan fingerprint density at radius 3 is 2.85 bits per heavy atom. The number of pyridine rings is 1. The molecule has 0 saturated heterocycles. The van der Waals surface area contributed by atoms with Gasteiger partial charge in [-0.3, -0.25) is 0 Å². The summed E-state index contributed by atoms with van der Waals surface area (Å²) in [4.78, 5) is 4.21. The van der Waals surface area contributed by atoms with Gasteiger partial charge in [-0.25, -0.2) is 4.98 Å². The second-order valence-corrected chi connectivity index (χ2v) is 3.92. The molecule has 1 heterocycles. The molecule has 0 spiro atoms. The molecule has 0 atom stereocenters. The maximum atomic E-state index is 5.85. The fourth-order valence-electron chi connectivity index (χ4n) is 1.76. The first-order chi connectivity index (χ1) is 6.34. The second-order valence-electron chi connectivity index (χ2n) is 3.49. The summed E-state index contributed by atoms with van der Waals surface area (Å²) < 4.78 is 0. The summed E-state index contributed by atoms with van der Waals surface area (Å²) in [5.74, 6) is 0.902. The largest absolute Gasteiger partial charge is 0.367 e. The third kappa shape index (κ3) is 2.34. The van der Waals surface area contributed by atoms with Crippen molar-refractivity contribution in [2.24, 2.45) is 0 Å². The molecule has 2 rings (SSSR count). The van der Waals surface area contributed by atoms with Crippen LogP contribution in [0.4, 0.5) is 5.82 Å². The van der Waals surface area contributed by atoms with Crippen molar-refractivity contribution in [2.45, 2.75) is 31.7 Å². The van der Waals surface area contributed by atoms with Gasteiger partial charge in [-0.05, 0) is 25.0 Å². The van der Waals surface area contributed by atoms with Crippen LogP contribution in [0.15, 0.2) is 18.3 Å². The Kier molecular flexibility index (Phi) is 2.69. The fraction of sp³-hybridized carbons (Fsp3) is 0.500. The topological polar surface area (TPSA) is 24.9 Å². The van der Waals surface area contributed by atoms with Gasteiger partial charge >= 0.3 is 0 Å². The summed E-state index contributed by atoms with van der Waals surface area (Å²) in [7, 11) is 0. The van der Waals surface area contributed by atoms with Crippen molar-refractivity contribution >= 4 is 17.4 Å². The number of hydrogen-bond donors (Lipinski definition) is 1. The molecule has 0 unspecified atom stereocenters. The van der Waals surface area contributed by atoms with Gasteiger partial charge in [0.1, 0.15) is 5.82 Å². The Morgan fingerprint density at radius 2 is 2.15 bits per heavy atom. The third-order valence-corrected chi connectivity index (χ3v) is 2.66. The summed E-state index contributed by atoms with van der Waals surface area (Å²) in [6.45, 7) is 0. The number of aromatic nitrogens is 1. The highest BCUT2D eigenvalue weighted by molar-refractivity contribution is 6.30. The second kappa shape index (κ2) is 3.97. The van der Waals surface area contributed by atoms with Gasteiger partial charge < -0.3 is 5.32 Å². The minimum absolute atomic E-state index is 0.603. The normalized spacial score (nSPS) is 17.6. The van der Waals surface area contributed by atoms with E-state index in [1.165, 1.54) is 25.7 Å². The highest BCUT2D eigenvalue weighted by Gasteiger charge is 2.14. The zero-order chi connectivity index (χ0) is 9.10. The molecule has 0 radical (unpaired) electrons. The molecule has 1 fully saturated rings. The van der Waals surface area contributed by atoms with Crippen molar-refractivity contribution in [3.05, 3.63) is 23.4 Å². The standard InChI is InChI=1S/C10H13ClN2/c11-8-5-6-12-10(7-8)13-9-3-1-2-4-9/h5-7,9H,1-4H2,(H,12,13). The lowest BCUT2D eigenvalue weighted by atomic mass is 10.2. The number of halogens is 1. The van der Waals surface area contributed by atoms with Crippen LogP contribution in [-0.2, 0) is 0 Å². The highest BCUT2D eigenvalue weighted by atomic mass is 35.5. The number of anilines is 1. The quantitative estimate of drug-likeness (QED) is 0.787. The minimum atomic E-state index is 0.603. The molecule has 3 heteroatoms. The molecule has 2 nitrogen and oxygen atoms in total. The minimum Gasteiger partial charge on any atom is -0.367 e. The number of nitrogens with zero attached hydrogens (tertiary/aromatic N) is 1. The Hall–Kier alpha value is -0.760. The average Bonchev–Trinajstić information content (AvgIpc) is 2.57. The molecule has 0 aromatic carbocycles. The molecule has 1 aromatic heterocycles. The van der Waals surface area contributed by atoms with Crippen molar-refractivity contribution in [3.63, 3.8) is 0 Å². The zero-order valence-corrected chi connectivity index (χ0v) is 8.22. The predicted octanol–water partition coefficient (Wildman–Crippen LogP) is 3.09. The van der Waals surface area contributed by atoms with Crippen LogP contribution < -0.4 is 5.32 Å². The summed E-state index contributed by atoms with van der Waals surface area (Å²) in [5.41, 5.74) is 0. The van der Waals surface area contributed by atoms with E-state index in [0.717, 1.165) is 10.8 Å². The molecule has 1 aliphatic carbocycles. The van der Waals surface area contributed by atoms with Gasteiger partial charge in [0, 0.05) is 17.3 Å². The van der Waals surface area contributed by atoms with E-state index in [-0.39, 0.29) is 0 Å². The van der Waals surface area contributed by atoms with E-state index in [0.29, 0.717) is 6.04 Å². The van der Waals surface area contributed by atoms with Crippen molar-refractivity contribution < 1.29 is 0 Å². The monoisotopic (exact) mass is 196 g/mol. The molecule has 70 valence electrons. The Balaban J connectivity index is 2.00. The van der Waals surface area contributed by atoms with Gasteiger partial charge in [0.2, 0.25) is 0 Å². The van der Waals surface area contributed by atoms with Crippen LogP contribution in [0.25, 0.3) is 0 Å². The van der Waals surface area contributed by atoms with Crippen LogP contribution in [0.3, 0.4) is 0 Å². The van der Waals surface area contributed by atoms with E-state index in [2.05, 4.69) is 10.3 Å². The maximum absolute atomic E-state index is 5.85. The van der Waals surface area contributed by atoms with Crippen molar-refractivity contribution in [2.75, 3.05) is 5.32 Å². The maximum Gasteiger partial charge on any atom is 0.127 e. The average molecular weight is 197 g/mol. The molecular formula is C10H13ClN2. The molecule has 0 bridgehead atoms. The molecule has 0 aliphatic heterocycles. The number of nitrogens with one attached hydrogen (secondary N) is 1. The molecule has 1 aliphatic rings. The lowest BCUT2D eigenvalue weighted by Gasteiger charge is -2.11. The first kappa shape index (κ1) is 8.82. The smallest absolute Gasteiger partial charge is 0.127 e. The van der Waals surface area contributed by atoms with E-state index < -0.39 is 0 Å². The lowest BCUT2D eigenvalue weighted by Crippen LogP contribution is -2.15. The van der Waals surface area contributed by atoms with Crippen LogP contribution in [0.5, 0.6) is 0 Å². The molecular weight excluding hydrogens is 184 g/mol. The summed E-state index contributed by atoms with van der Waals surface area (Å²) >= 11 is 5.85. The first-order valence-corrected chi connectivity index (χ1v) is 5.10. The van der Waals surface area contributed by atoms with E-state index in [9.17, 15) is 0 Å². The molecule has 1 saturated carbocycles. The highest BCUT2D eigenvalue weighted by Crippen LogP contribution is 2.22. The summed E-state index contributed by atoms with van der Waals surface area (Å²) in [6.07, 6.45) is 6.92. The van der Waals surface area contributed by atoms with Crippen LogP contribution in [0, 0.1) is 0 Å². The zero-order valence-electron chi connectivity index (χ0n) is 7.46. The predicted molar refractivity (Wildman–Crippen MR) is 55.1 cm³/mol. The first-order valence-electron chi connectivity index (χ1n) is 4.73. The van der Waals surface area contributed by atoms with Crippen LogP contribution in [0.1, 0.15) is 25.7 Å². The molecule has 1 N–H and O–H groups in total. The fourth-order valence-corrected chi connectivity index (χ4v) is 1.92. The third-order valence-electron chi connectivity index (χ3n) is 2.43. The molecule has 13 heavy (non-hydrogen) atoms. The van der Waals surface area contributed by atoms with E-state index in [1.807, 2.05) is 6.07 Å². The van der Waals surface area contributed by atoms with Crippen LogP contribution in [0.2, 0.25) is 5.02 Å². The van der Waals surface area contributed by atoms with Gasteiger partial charge in [0.05, 0.1) is 0 Å².